The van der Waals surface area contributed by atoms with Crippen LogP contribution < -0.4 is 10.0 Å². The minimum Gasteiger partial charge on any atom is -0.322 e. The highest BCUT2D eigenvalue weighted by atomic mass is 35.5. The summed E-state index contributed by atoms with van der Waals surface area (Å²) in [7, 11) is -3.47. The molecule has 1 amide bonds. The van der Waals surface area contributed by atoms with Gasteiger partial charge in [-0.15, -0.1) is 0 Å². The zero-order valence-electron chi connectivity index (χ0n) is 14.6. The van der Waals surface area contributed by atoms with Crippen molar-refractivity contribution in [3.8, 4) is 11.1 Å². The fourth-order valence-corrected chi connectivity index (χ4v) is 3.52. The number of benzene rings is 2. The largest absolute Gasteiger partial charge is 0.322 e. The first-order chi connectivity index (χ1) is 13.2. The molecule has 1 heterocycles. The first kappa shape index (κ1) is 20.1. The van der Waals surface area contributed by atoms with Gasteiger partial charge < -0.3 is 5.32 Å². The topological polar surface area (TPSA) is 88.2 Å². The van der Waals surface area contributed by atoms with Gasteiger partial charge in [0.25, 0.3) is 5.91 Å². The van der Waals surface area contributed by atoms with Gasteiger partial charge in [-0.3, -0.25) is 9.52 Å². The third-order valence-electron chi connectivity index (χ3n) is 3.64. The van der Waals surface area contributed by atoms with Crippen LogP contribution in [0, 0.1) is 0 Å². The molecule has 0 saturated heterocycles. The number of aromatic nitrogens is 1. The molecule has 0 aliphatic heterocycles. The van der Waals surface area contributed by atoms with Crippen LogP contribution in [0.5, 0.6) is 0 Å². The predicted molar refractivity (Wildman–Crippen MR) is 113 cm³/mol. The molecule has 3 rings (SSSR count). The lowest BCUT2D eigenvalue weighted by Crippen LogP contribution is -2.13. The van der Waals surface area contributed by atoms with Crippen LogP contribution in [0.2, 0.25) is 10.2 Å². The van der Waals surface area contributed by atoms with E-state index in [1.807, 2.05) is 6.07 Å². The maximum atomic E-state index is 12.6. The highest BCUT2D eigenvalue weighted by Crippen LogP contribution is 2.25. The molecular formula is C19H15Cl2N3O3S. The van der Waals surface area contributed by atoms with Crippen LogP contribution in [0.4, 0.5) is 11.4 Å². The summed E-state index contributed by atoms with van der Waals surface area (Å²) in [6, 6.07) is 15.0. The summed E-state index contributed by atoms with van der Waals surface area (Å²) >= 11 is 12.0. The normalized spacial score (nSPS) is 11.1. The van der Waals surface area contributed by atoms with Gasteiger partial charge in [0.2, 0.25) is 10.0 Å². The third-order valence-corrected chi connectivity index (χ3v) is 4.67. The fraction of sp³-hybridized carbons (Fsp3) is 0.0526. The Morgan fingerprint density at radius 1 is 0.964 bits per heavy atom. The van der Waals surface area contributed by atoms with Gasteiger partial charge in [0.1, 0.15) is 5.15 Å². The minimum atomic E-state index is -3.47. The van der Waals surface area contributed by atoms with Crippen LogP contribution in [0.25, 0.3) is 11.1 Å². The van der Waals surface area contributed by atoms with E-state index in [-0.39, 0.29) is 16.6 Å². The van der Waals surface area contributed by atoms with Crippen LogP contribution in [-0.4, -0.2) is 25.6 Å². The monoisotopic (exact) mass is 435 g/mol. The van der Waals surface area contributed by atoms with E-state index in [0.29, 0.717) is 16.4 Å². The summed E-state index contributed by atoms with van der Waals surface area (Å²) in [4.78, 5) is 16.6. The van der Waals surface area contributed by atoms with Crippen LogP contribution in [-0.2, 0) is 10.0 Å². The van der Waals surface area contributed by atoms with Crippen molar-refractivity contribution < 1.29 is 13.2 Å². The minimum absolute atomic E-state index is 0.255. The smallest absolute Gasteiger partial charge is 0.255 e. The van der Waals surface area contributed by atoms with Gasteiger partial charge in [0, 0.05) is 22.5 Å². The first-order valence-corrected chi connectivity index (χ1v) is 10.7. The maximum Gasteiger partial charge on any atom is 0.255 e. The molecule has 0 bridgehead atoms. The molecule has 2 aromatic carbocycles. The number of hydrogen-bond donors (Lipinski definition) is 2. The number of nitrogens with one attached hydrogen (secondary N) is 2. The van der Waals surface area contributed by atoms with Crippen molar-refractivity contribution in [1.82, 2.24) is 4.98 Å². The molecule has 0 fully saturated rings. The second-order valence-electron chi connectivity index (χ2n) is 6.00. The van der Waals surface area contributed by atoms with Gasteiger partial charge >= 0.3 is 0 Å². The zero-order valence-corrected chi connectivity index (χ0v) is 16.9. The van der Waals surface area contributed by atoms with E-state index < -0.39 is 10.0 Å². The van der Waals surface area contributed by atoms with Crippen molar-refractivity contribution in [3.63, 3.8) is 0 Å². The zero-order chi connectivity index (χ0) is 20.3. The van der Waals surface area contributed by atoms with Crippen molar-refractivity contribution in [3.05, 3.63) is 76.5 Å². The Kier molecular flexibility index (Phi) is 5.88. The number of rotatable bonds is 5. The quantitative estimate of drug-likeness (QED) is 0.569. The molecular weight excluding hydrogens is 421 g/mol. The maximum absolute atomic E-state index is 12.6. The molecule has 0 spiro atoms. The molecule has 0 atom stereocenters. The van der Waals surface area contributed by atoms with Crippen molar-refractivity contribution in [2.75, 3.05) is 16.3 Å². The highest BCUT2D eigenvalue weighted by Gasteiger charge is 2.11. The molecule has 9 heteroatoms. The van der Waals surface area contributed by atoms with Crippen molar-refractivity contribution in [2.24, 2.45) is 0 Å². The van der Waals surface area contributed by atoms with E-state index in [9.17, 15) is 13.2 Å². The van der Waals surface area contributed by atoms with Gasteiger partial charge in [0.05, 0.1) is 11.9 Å². The highest BCUT2D eigenvalue weighted by molar-refractivity contribution is 7.92. The number of nitrogens with zero attached hydrogens (tertiary/aromatic N) is 1. The molecule has 0 aliphatic rings. The number of halogens is 2. The van der Waals surface area contributed by atoms with E-state index in [1.165, 1.54) is 18.2 Å². The number of carbonyl (C=O) groups is 1. The lowest BCUT2D eigenvalue weighted by atomic mass is 10.0. The van der Waals surface area contributed by atoms with Crippen molar-refractivity contribution >= 4 is 50.5 Å². The standard InChI is InChI=1S/C19H15Cl2N3O3S/c1-28(26,27)24-17-10-15(20)9-16(11-17)23-19(25)14-4-2-3-12(7-14)13-5-6-22-18(21)8-13/h2-11,24H,1H3,(H,23,25). The SMILES string of the molecule is CS(=O)(=O)Nc1cc(Cl)cc(NC(=O)c2cccc(-c3ccnc(Cl)c3)c2)c1. The predicted octanol–water partition coefficient (Wildman–Crippen LogP) is 4.68. The Bertz CT molecular complexity index is 1150. The second kappa shape index (κ2) is 8.18. The Labute approximate surface area is 172 Å². The Balaban J connectivity index is 1.85. The number of carbonyl (C=O) groups excluding carboxylic acids is 1. The van der Waals surface area contributed by atoms with Crippen LogP contribution >= 0.6 is 23.2 Å². The van der Waals surface area contributed by atoms with Gasteiger partial charge in [-0.05, 0) is 53.6 Å². The molecule has 144 valence electrons. The van der Waals surface area contributed by atoms with Gasteiger partial charge in [-0.2, -0.15) is 0 Å². The fourth-order valence-electron chi connectivity index (χ4n) is 2.56. The molecule has 1 aromatic heterocycles. The Hall–Kier alpha value is -2.61. The molecule has 2 N–H and O–H groups in total. The molecule has 3 aromatic rings. The van der Waals surface area contributed by atoms with Gasteiger partial charge in [-0.25, -0.2) is 13.4 Å². The summed E-state index contributed by atoms with van der Waals surface area (Å²) in [5, 5.41) is 3.36. The van der Waals surface area contributed by atoms with E-state index in [4.69, 9.17) is 23.2 Å². The average molecular weight is 436 g/mol. The van der Waals surface area contributed by atoms with Crippen molar-refractivity contribution in [1.29, 1.82) is 0 Å². The summed E-state index contributed by atoms with van der Waals surface area (Å²) in [6.45, 7) is 0. The lowest BCUT2D eigenvalue weighted by molar-refractivity contribution is 0.102. The number of sulfonamides is 1. The first-order valence-electron chi connectivity index (χ1n) is 8.01. The Morgan fingerprint density at radius 2 is 1.68 bits per heavy atom. The second-order valence-corrected chi connectivity index (χ2v) is 8.58. The molecule has 6 nitrogen and oxygen atoms in total. The number of hydrogen-bond acceptors (Lipinski definition) is 4. The number of amides is 1. The van der Waals surface area contributed by atoms with E-state index in [2.05, 4.69) is 15.0 Å². The number of anilines is 2. The summed E-state index contributed by atoms with van der Waals surface area (Å²) in [5.41, 5.74) is 2.68. The van der Waals surface area contributed by atoms with Crippen LogP contribution in [0.15, 0.2) is 60.8 Å². The molecule has 28 heavy (non-hydrogen) atoms. The summed E-state index contributed by atoms with van der Waals surface area (Å²) in [6.07, 6.45) is 2.62. The lowest BCUT2D eigenvalue weighted by Gasteiger charge is -2.10. The molecule has 0 unspecified atom stereocenters. The molecule has 0 radical (unpaired) electrons. The third kappa shape index (κ3) is 5.45. The van der Waals surface area contributed by atoms with Gasteiger partial charge in [-0.1, -0.05) is 35.3 Å². The van der Waals surface area contributed by atoms with E-state index >= 15 is 0 Å². The van der Waals surface area contributed by atoms with Crippen LogP contribution in [0.3, 0.4) is 0 Å². The number of pyridine rings is 1. The molecule has 0 saturated carbocycles. The van der Waals surface area contributed by atoms with Gasteiger partial charge in [0.15, 0.2) is 0 Å². The summed E-state index contributed by atoms with van der Waals surface area (Å²) in [5.74, 6) is -0.366. The Morgan fingerprint density at radius 3 is 2.39 bits per heavy atom. The average Bonchev–Trinajstić information content (AvgIpc) is 2.60. The van der Waals surface area contributed by atoms with Crippen LogP contribution in [0.1, 0.15) is 10.4 Å². The molecule has 0 aliphatic carbocycles. The van der Waals surface area contributed by atoms with E-state index in [1.54, 1.807) is 36.5 Å². The summed E-state index contributed by atoms with van der Waals surface area (Å²) < 4.78 is 25.1. The van der Waals surface area contributed by atoms with Crippen molar-refractivity contribution in [2.45, 2.75) is 0 Å². The van der Waals surface area contributed by atoms with E-state index in [0.717, 1.165) is 17.4 Å².